The summed E-state index contributed by atoms with van der Waals surface area (Å²) in [6.45, 7) is 13.4. The Kier molecular flexibility index (Phi) is 10.6. The number of aromatic nitrogens is 1. The summed E-state index contributed by atoms with van der Waals surface area (Å²) >= 11 is 0. The molecule has 0 aliphatic carbocycles. The van der Waals surface area contributed by atoms with Crippen molar-refractivity contribution in [2.24, 2.45) is 0 Å². The summed E-state index contributed by atoms with van der Waals surface area (Å²) in [5, 5.41) is 0. The van der Waals surface area contributed by atoms with Crippen molar-refractivity contribution in [1.82, 2.24) is 14.8 Å². The fraction of sp³-hybridized carbons (Fsp3) is 0.667. The van der Waals surface area contributed by atoms with Crippen LogP contribution in [0.4, 0.5) is 4.79 Å². The number of carbonyl (C=O) groups excluding carboxylic acids is 3. The molecule has 1 aromatic heterocycles. The molecule has 1 aromatic rings. The molecule has 0 unspecified atom stereocenters. The molecule has 0 saturated carbocycles. The second-order valence-corrected chi connectivity index (χ2v) is 8.88. The average molecular weight is 480 g/mol. The number of carbonyl (C=O) groups is 3. The van der Waals surface area contributed by atoms with Gasteiger partial charge in [-0.2, -0.15) is 0 Å². The lowest BCUT2D eigenvalue weighted by atomic mass is 10.0. The van der Waals surface area contributed by atoms with Gasteiger partial charge in [-0.3, -0.25) is 14.5 Å². The zero-order chi connectivity index (χ0) is 25.1. The predicted octanol–water partition coefficient (Wildman–Crippen LogP) is 2.61. The highest BCUT2D eigenvalue weighted by Gasteiger charge is 2.32. The Morgan fingerprint density at radius 2 is 1.62 bits per heavy atom. The number of hydrogen-bond acceptors (Lipinski definition) is 9. The predicted molar refractivity (Wildman–Crippen MR) is 125 cm³/mol. The number of esters is 2. The monoisotopic (exact) mass is 479 g/mol. The van der Waals surface area contributed by atoms with E-state index in [0.29, 0.717) is 31.1 Å². The molecular weight excluding hydrogens is 442 g/mol. The number of piperazine rings is 1. The van der Waals surface area contributed by atoms with Crippen LogP contribution in [0.2, 0.25) is 0 Å². The van der Waals surface area contributed by atoms with Gasteiger partial charge in [-0.05, 0) is 46.6 Å². The lowest BCUT2D eigenvalue weighted by Gasteiger charge is -2.35. The molecule has 190 valence electrons. The highest BCUT2D eigenvalue weighted by molar-refractivity contribution is 6.00. The molecule has 10 nitrogen and oxygen atoms in total. The Morgan fingerprint density at radius 1 is 1.00 bits per heavy atom. The third-order valence-electron chi connectivity index (χ3n) is 5.03. The van der Waals surface area contributed by atoms with Crippen molar-refractivity contribution in [2.75, 3.05) is 52.5 Å². The fourth-order valence-corrected chi connectivity index (χ4v) is 3.41. The van der Waals surface area contributed by atoms with E-state index in [1.165, 1.54) is 6.20 Å². The zero-order valence-corrected chi connectivity index (χ0v) is 20.9. The van der Waals surface area contributed by atoms with Crippen LogP contribution in [0.5, 0.6) is 5.88 Å². The summed E-state index contributed by atoms with van der Waals surface area (Å²) in [4.78, 5) is 44.8. The molecule has 10 heteroatoms. The van der Waals surface area contributed by atoms with Crippen molar-refractivity contribution in [3.8, 4) is 5.88 Å². The minimum absolute atomic E-state index is 0.166. The maximum Gasteiger partial charge on any atom is 0.410 e. The van der Waals surface area contributed by atoms with Crippen molar-refractivity contribution < 1.29 is 33.3 Å². The SMILES string of the molecule is CCOC(=O)C(C(=O)OCC)c1ccc(OCCCN2CCN(C(=O)OC(C)(C)C)CC2)nc1. The number of amides is 1. The second kappa shape index (κ2) is 13.1. The van der Waals surface area contributed by atoms with Crippen LogP contribution in [0.25, 0.3) is 0 Å². The third-order valence-corrected chi connectivity index (χ3v) is 5.03. The summed E-state index contributed by atoms with van der Waals surface area (Å²) in [6.07, 6.45) is 1.96. The van der Waals surface area contributed by atoms with Gasteiger partial charge >= 0.3 is 18.0 Å². The average Bonchev–Trinajstić information content (AvgIpc) is 2.77. The molecule has 1 fully saturated rings. The van der Waals surface area contributed by atoms with Gasteiger partial charge in [-0.25, -0.2) is 9.78 Å². The van der Waals surface area contributed by atoms with Crippen LogP contribution < -0.4 is 4.74 Å². The van der Waals surface area contributed by atoms with Crippen molar-refractivity contribution in [2.45, 2.75) is 52.6 Å². The first-order valence-electron chi connectivity index (χ1n) is 11.8. The standard InChI is InChI=1S/C24H37N3O7/c1-6-31-21(28)20(22(29)32-7-2)18-9-10-19(25-17-18)33-16-8-11-26-12-14-27(15-13-26)23(30)34-24(3,4)5/h9-10,17,20H,6-8,11-16H2,1-5H3. The van der Waals surface area contributed by atoms with Crippen LogP contribution in [0.3, 0.4) is 0 Å². The molecule has 0 atom stereocenters. The maximum atomic E-state index is 12.2. The molecule has 0 aromatic carbocycles. The Labute approximate surface area is 201 Å². The minimum atomic E-state index is -1.17. The van der Waals surface area contributed by atoms with Gasteiger partial charge in [0.15, 0.2) is 5.92 Å². The Morgan fingerprint density at radius 3 is 2.12 bits per heavy atom. The molecule has 0 N–H and O–H groups in total. The largest absolute Gasteiger partial charge is 0.478 e. The van der Waals surface area contributed by atoms with E-state index in [9.17, 15) is 14.4 Å². The Hall–Kier alpha value is -2.88. The van der Waals surface area contributed by atoms with Gasteiger partial charge in [-0.1, -0.05) is 6.07 Å². The molecule has 0 spiro atoms. The topological polar surface area (TPSA) is 108 Å². The molecule has 1 saturated heterocycles. The first kappa shape index (κ1) is 27.4. The fourth-order valence-electron chi connectivity index (χ4n) is 3.41. The molecular formula is C24H37N3O7. The van der Waals surface area contributed by atoms with Crippen LogP contribution in [0.15, 0.2) is 18.3 Å². The summed E-state index contributed by atoms with van der Waals surface area (Å²) in [5.41, 5.74) is -0.0943. The number of rotatable bonds is 10. The Balaban J connectivity index is 1.76. The van der Waals surface area contributed by atoms with Crippen molar-refractivity contribution in [3.63, 3.8) is 0 Å². The van der Waals surface area contributed by atoms with Crippen LogP contribution in [0.1, 0.15) is 52.5 Å². The first-order chi connectivity index (χ1) is 16.1. The van der Waals surface area contributed by atoms with Gasteiger partial charge in [0, 0.05) is 45.0 Å². The molecule has 1 amide bonds. The highest BCUT2D eigenvalue weighted by Crippen LogP contribution is 2.21. The van der Waals surface area contributed by atoms with Gasteiger partial charge in [0.1, 0.15) is 5.60 Å². The van der Waals surface area contributed by atoms with Crippen molar-refractivity contribution in [1.29, 1.82) is 0 Å². The molecule has 34 heavy (non-hydrogen) atoms. The third kappa shape index (κ3) is 8.81. The second-order valence-electron chi connectivity index (χ2n) is 8.88. The number of pyridine rings is 1. The van der Waals surface area contributed by atoms with Crippen LogP contribution in [-0.2, 0) is 23.8 Å². The lowest BCUT2D eigenvalue weighted by molar-refractivity contribution is -0.156. The number of hydrogen-bond donors (Lipinski definition) is 0. The van der Waals surface area contributed by atoms with E-state index in [1.54, 1.807) is 30.9 Å². The first-order valence-corrected chi connectivity index (χ1v) is 11.8. The van der Waals surface area contributed by atoms with E-state index < -0.39 is 23.5 Å². The molecule has 1 aliphatic heterocycles. The minimum Gasteiger partial charge on any atom is -0.478 e. The van der Waals surface area contributed by atoms with Gasteiger partial charge in [0.2, 0.25) is 5.88 Å². The van der Waals surface area contributed by atoms with Crippen molar-refractivity contribution in [3.05, 3.63) is 23.9 Å². The van der Waals surface area contributed by atoms with E-state index in [4.69, 9.17) is 18.9 Å². The van der Waals surface area contributed by atoms with Gasteiger partial charge < -0.3 is 23.8 Å². The van der Waals surface area contributed by atoms with Crippen LogP contribution >= 0.6 is 0 Å². The van der Waals surface area contributed by atoms with E-state index >= 15 is 0 Å². The van der Waals surface area contributed by atoms with E-state index in [1.807, 2.05) is 20.8 Å². The maximum absolute atomic E-state index is 12.2. The normalized spacial score (nSPS) is 14.6. The Bertz CT molecular complexity index is 782. The summed E-state index contributed by atoms with van der Waals surface area (Å²) in [6, 6.07) is 3.25. The number of ether oxygens (including phenoxy) is 4. The van der Waals surface area contributed by atoms with E-state index in [-0.39, 0.29) is 19.3 Å². The van der Waals surface area contributed by atoms with Crippen LogP contribution in [0, 0.1) is 0 Å². The van der Waals surface area contributed by atoms with Gasteiger partial charge in [-0.15, -0.1) is 0 Å². The van der Waals surface area contributed by atoms with E-state index in [2.05, 4.69) is 9.88 Å². The molecule has 2 heterocycles. The summed E-state index contributed by atoms with van der Waals surface area (Å²) < 4.78 is 21.1. The summed E-state index contributed by atoms with van der Waals surface area (Å²) in [5.74, 6) is -2.09. The summed E-state index contributed by atoms with van der Waals surface area (Å²) in [7, 11) is 0. The highest BCUT2D eigenvalue weighted by atomic mass is 16.6. The number of nitrogens with zero attached hydrogens (tertiary/aromatic N) is 3. The quantitative estimate of drug-likeness (QED) is 0.217. The van der Waals surface area contributed by atoms with E-state index in [0.717, 1.165) is 26.1 Å². The molecule has 0 bridgehead atoms. The van der Waals surface area contributed by atoms with Crippen molar-refractivity contribution >= 4 is 18.0 Å². The molecule has 0 radical (unpaired) electrons. The smallest absolute Gasteiger partial charge is 0.410 e. The molecule has 1 aliphatic rings. The van der Waals surface area contributed by atoms with Gasteiger partial charge in [0.05, 0.1) is 19.8 Å². The molecule has 2 rings (SSSR count). The van der Waals surface area contributed by atoms with Crippen LogP contribution in [-0.4, -0.2) is 91.0 Å². The lowest BCUT2D eigenvalue weighted by Crippen LogP contribution is -2.50. The zero-order valence-electron chi connectivity index (χ0n) is 20.9. The van der Waals surface area contributed by atoms with Gasteiger partial charge in [0.25, 0.3) is 0 Å².